The SMILES string of the molecule is CC.CC1=C(C)C(Cl)=CCC1. The molecular formula is C10H17Cl. The van der Waals surface area contributed by atoms with Gasteiger partial charge in [-0.2, -0.15) is 0 Å². The zero-order valence-electron chi connectivity index (χ0n) is 7.87. The molecule has 1 rings (SSSR count). The fraction of sp³-hybridized carbons (Fsp3) is 0.600. The van der Waals surface area contributed by atoms with Crippen LogP contribution < -0.4 is 0 Å². The average molecular weight is 173 g/mol. The number of hydrogen-bond donors (Lipinski definition) is 0. The zero-order chi connectivity index (χ0) is 8.85. The molecule has 0 saturated heterocycles. The number of halogens is 1. The van der Waals surface area contributed by atoms with Gasteiger partial charge in [-0.15, -0.1) is 0 Å². The molecule has 0 saturated carbocycles. The van der Waals surface area contributed by atoms with E-state index >= 15 is 0 Å². The first kappa shape index (κ1) is 10.8. The lowest BCUT2D eigenvalue weighted by Gasteiger charge is -2.10. The van der Waals surface area contributed by atoms with E-state index in [0.717, 1.165) is 11.5 Å². The van der Waals surface area contributed by atoms with Crippen LogP contribution in [-0.2, 0) is 0 Å². The highest BCUT2D eigenvalue weighted by molar-refractivity contribution is 6.32. The molecule has 0 bridgehead atoms. The molecule has 0 spiro atoms. The highest BCUT2D eigenvalue weighted by Gasteiger charge is 2.04. The topological polar surface area (TPSA) is 0 Å². The van der Waals surface area contributed by atoms with Crippen LogP contribution in [-0.4, -0.2) is 0 Å². The van der Waals surface area contributed by atoms with Gasteiger partial charge < -0.3 is 0 Å². The zero-order valence-corrected chi connectivity index (χ0v) is 8.63. The third-order valence-electron chi connectivity index (χ3n) is 1.84. The summed E-state index contributed by atoms with van der Waals surface area (Å²) in [6.45, 7) is 8.22. The Morgan fingerprint density at radius 1 is 1.27 bits per heavy atom. The molecule has 0 amide bonds. The molecule has 0 atom stereocenters. The maximum absolute atomic E-state index is 5.87. The number of rotatable bonds is 0. The van der Waals surface area contributed by atoms with Gasteiger partial charge in [0.25, 0.3) is 0 Å². The largest absolute Gasteiger partial charge is 0.0844 e. The maximum atomic E-state index is 5.87. The molecule has 0 fully saturated rings. The average Bonchev–Trinajstić information content (AvgIpc) is 2.04. The van der Waals surface area contributed by atoms with Crippen LogP contribution in [0.5, 0.6) is 0 Å². The Hall–Kier alpha value is -0.230. The first-order valence-electron chi connectivity index (χ1n) is 4.24. The molecule has 0 aliphatic heterocycles. The van der Waals surface area contributed by atoms with Crippen LogP contribution in [0.1, 0.15) is 40.5 Å². The molecule has 0 unspecified atom stereocenters. The Bertz CT molecular complexity index is 175. The van der Waals surface area contributed by atoms with E-state index in [1.807, 2.05) is 13.8 Å². The first-order chi connectivity index (χ1) is 5.22. The van der Waals surface area contributed by atoms with Crippen molar-refractivity contribution in [2.45, 2.75) is 40.5 Å². The molecule has 0 aromatic heterocycles. The first-order valence-corrected chi connectivity index (χ1v) is 4.62. The summed E-state index contributed by atoms with van der Waals surface area (Å²) in [5.74, 6) is 0. The summed E-state index contributed by atoms with van der Waals surface area (Å²) in [5.41, 5.74) is 2.70. The summed E-state index contributed by atoms with van der Waals surface area (Å²) in [5, 5.41) is 0.943. The Balaban J connectivity index is 0.000000461. The summed E-state index contributed by atoms with van der Waals surface area (Å²) in [6, 6.07) is 0. The smallest absolute Gasteiger partial charge is 0.0394 e. The number of hydrogen-bond acceptors (Lipinski definition) is 0. The minimum Gasteiger partial charge on any atom is -0.0844 e. The predicted molar refractivity (Wildman–Crippen MR) is 52.9 cm³/mol. The summed E-state index contributed by atoms with van der Waals surface area (Å²) in [6.07, 6.45) is 4.38. The quantitative estimate of drug-likeness (QED) is 0.512. The molecule has 0 N–H and O–H groups in total. The van der Waals surface area contributed by atoms with Crippen LogP contribution in [0.4, 0.5) is 0 Å². The molecule has 0 aromatic rings. The van der Waals surface area contributed by atoms with Crippen molar-refractivity contribution in [3.8, 4) is 0 Å². The van der Waals surface area contributed by atoms with Crippen molar-refractivity contribution < 1.29 is 0 Å². The van der Waals surface area contributed by atoms with Crippen molar-refractivity contribution in [3.63, 3.8) is 0 Å². The number of allylic oxidation sites excluding steroid dienone is 4. The molecule has 0 radical (unpaired) electrons. The van der Waals surface area contributed by atoms with E-state index in [0.29, 0.717) is 0 Å². The van der Waals surface area contributed by atoms with Crippen molar-refractivity contribution in [1.29, 1.82) is 0 Å². The second kappa shape index (κ2) is 5.42. The van der Waals surface area contributed by atoms with Crippen LogP contribution in [0.15, 0.2) is 22.3 Å². The van der Waals surface area contributed by atoms with Gasteiger partial charge in [-0.05, 0) is 32.3 Å². The van der Waals surface area contributed by atoms with E-state index in [-0.39, 0.29) is 0 Å². The molecule has 0 aromatic carbocycles. The van der Waals surface area contributed by atoms with Crippen molar-refractivity contribution in [2.75, 3.05) is 0 Å². The molecule has 11 heavy (non-hydrogen) atoms. The van der Waals surface area contributed by atoms with Gasteiger partial charge in [0.2, 0.25) is 0 Å². The maximum Gasteiger partial charge on any atom is 0.0394 e. The molecule has 1 aliphatic rings. The van der Waals surface area contributed by atoms with Gasteiger partial charge >= 0.3 is 0 Å². The highest BCUT2D eigenvalue weighted by Crippen LogP contribution is 2.26. The molecule has 0 heterocycles. The van der Waals surface area contributed by atoms with E-state index in [9.17, 15) is 0 Å². The van der Waals surface area contributed by atoms with Gasteiger partial charge in [0.05, 0.1) is 0 Å². The fourth-order valence-electron chi connectivity index (χ4n) is 0.960. The predicted octanol–water partition coefficient (Wildman–Crippen LogP) is 4.27. The van der Waals surface area contributed by atoms with E-state index < -0.39 is 0 Å². The standard InChI is InChI=1S/C8H11Cl.C2H6/c1-6-4-3-5-8(9)7(6)2;1-2/h5H,3-4H2,1-2H3;1-2H3. The van der Waals surface area contributed by atoms with Gasteiger partial charge in [-0.1, -0.05) is 37.1 Å². The summed E-state index contributed by atoms with van der Waals surface area (Å²) < 4.78 is 0. The Kier molecular flexibility index (Phi) is 5.31. The van der Waals surface area contributed by atoms with Crippen LogP contribution >= 0.6 is 11.6 Å². The third-order valence-corrected chi connectivity index (χ3v) is 2.28. The lowest BCUT2D eigenvalue weighted by Crippen LogP contribution is -1.90. The lowest BCUT2D eigenvalue weighted by molar-refractivity contribution is 0.934. The highest BCUT2D eigenvalue weighted by atomic mass is 35.5. The fourth-order valence-corrected chi connectivity index (χ4v) is 1.23. The van der Waals surface area contributed by atoms with Crippen molar-refractivity contribution in [3.05, 3.63) is 22.3 Å². The van der Waals surface area contributed by atoms with Gasteiger partial charge in [-0.3, -0.25) is 0 Å². The van der Waals surface area contributed by atoms with E-state index in [1.165, 1.54) is 17.6 Å². The Morgan fingerprint density at radius 2 is 1.82 bits per heavy atom. The van der Waals surface area contributed by atoms with Crippen LogP contribution in [0.3, 0.4) is 0 Å². The van der Waals surface area contributed by atoms with Crippen LogP contribution in [0, 0.1) is 0 Å². The summed E-state index contributed by atoms with van der Waals surface area (Å²) in [4.78, 5) is 0. The van der Waals surface area contributed by atoms with Gasteiger partial charge in [-0.25, -0.2) is 0 Å². The van der Waals surface area contributed by atoms with Gasteiger partial charge in [0.15, 0.2) is 0 Å². The van der Waals surface area contributed by atoms with Crippen molar-refractivity contribution in [2.24, 2.45) is 0 Å². The molecule has 0 nitrogen and oxygen atoms in total. The van der Waals surface area contributed by atoms with E-state index in [1.54, 1.807) is 0 Å². The normalized spacial score (nSPS) is 17.0. The Morgan fingerprint density at radius 3 is 2.18 bits per heavy atom. The minimum absolute atomic E-state index is 0.943. The van der Waals surface area contributed by atoms with E-state index in [4.69, 9.17) is 11.6 Å². The Labute approximate surface area is 74.9 Å². The molecule has 1 heteroatoms. The summed E-state index contributed by atoms with van der Waals surface area (Å²) >= 11 is 5.87. The van der Waals surface area contributed by atoms with Crippen molar-refractivity contribution in [1.82, 2.24) is 0 Å². The van der Waals surface area contributed by atoms with Gasteiger partial charge in [0.1, 0.15) is 0 Å². The minimum atomic E-state index is 0.943. The second-order valence-corrected chi connectivity index (χ2v) is 2.90. The monoisotopic (exact) mass is 172 g/mol. The van der Waals surface area contributed by atoms with Crippen molar-refractivity contribution >= 4 is 11.6 Å². The van der Waals surface area contributed by atoms with E-state index in [2.05, 4.69) is 19.9 Å². The second-order valence-electron chi connectivity index (χ2n) is 2.50. The lowest BCUT2D eigenvalue weighted by atomic mass is 10.0. The molecule has 64 valence electrons. The molecular weight excluding hydrogens is 156 g/mol. The third kappa shape index (κ3) is 3.11. The van der Waals surface area contributed by atoms with Gasteiger partial charge in [0, 0.05) is 5.03 Å². The summed E-state index contributed by atoms with van der Waals surface area (Å²) in [7, 11) is 0. The van der Waals surface area contributed by atoms with Crippen LogP contribution in [0.2, 0.25) is 0 Å². The molecule has 1 aliphatic carbocycles. The van der Waals surface area contributed by atoms with Crippen LogP contribution in [0.25, 0.3) is 0 Å².